The molecule has 2 N–H and O–H groups in total. The van der Waals surface area contributed by atoms with Gasteiger partial charge in [-0.05, 0) is 47.5 Å². The van der Waals surface area contributed by atoms with Gasteiger partial charge in [0.05, 0.1) is 41.2 Å². The van der Waals surface area contributed by atoms with Gasteiger partial charge in [0.15, 0.2) is 0 Å². The molecule has 0 fully saturated rings. The van der Waals surface area contributed by atoms with Crippen LogP contribution in [0.3, 0.4) is 0 Å². The van der Waals surface area contributed by atoms with Gasteiger partial charge in [0.2, 0.25) is 0 Å². The van der Waals surface area contributed by atoms with Gasteiger partial charge in [-0.1, -0.05) is 35.3 Å². The minimum absolute atomic E-state index is 0.122. The molecule has 28 heavy (non-hydrogen) atoms. The Hall–Kier alpha value is -2.89. The van der Waals surface area contributed by atoms with Crippen molar-refractivity contribution in [1.82, 2.24) is 0 Å². The molecular formula is C21H17Cl2NO4. The maximum absolute atomic E-state index is 11.4. The van der Waals surface area contributed by atoms with Crippen LogP contribution >= 0.6 is 23.2 Å². The fraction of sp³-hybridized carbons (Fsp3) is 0.0952. The first-order valence-corrected chi connectivity index (χ1v) is 9.00. The van der Waals surface area contributed by atoms with Gasteiger partial charge in [0.1, 0.15) is 11.5 Å². The SMILES string of the molecule is COc1cc(OC)cc(-c2cc(Cl)c(Nc3ccccc3C(=O)O)c(Cl)c2)c1. The number of nitrogens with one attached hydrogen (secondary N) is 1. The Bertz CT molecular complexity index is 991. The van der Waals surface area contributed by atoms with Crippen molar-refractivity contribution in [3.63, 3.8) is 0 Å². The molecule has 144 valence electrons. The van der Waals surface area contributed by atoms with Crippen LogP contribution in [0.1, 0.15) is 10.4 Å². The van der Waals surface area contributed by atoms with E-state index in [1.165, 1.54) is 6.07 Å². The smallest absolute Gasteiger partial charge is 0.337 e. The van der Waals surface area contributed by atoms with Gasteiger partial charge in [0, 0.05) is 6.07 Å². The highest BCUT2D eigenvalue weighted by Crippen LogP contribution is 2.39. The molecule has 0 amide bonds. The van der Waals surface area contributed by atoms with E-state index in [-0.39, 0.29) is 5.56 Å². The normalized spacial score (nSPS) is 10.4. The summed E-state index contributed by atoms with van der Waals surface area (Å²) in [6, 6.07) is 15.5. The molecule has 3 rings (SSSR count). The molecule has 0 heterocycles. The van der Waals surface area contributed by atoms with E-state index < -0.39 is 5.97 Å². The van der Waals surface area contributed by atoms with Crippen molar-refractivity contribution in [2.75, 3.05) is 19.5 Å². The monoisotopic (exact) mass is 417 g/mol. The first kappa shape index (κ1) is 19.9. The zero-order valence-electron chi connectivity index (χ0n) is 15.1. The standard InChI is InChI=1S/C21H17Cl2NO4/c1-27-14-7-12(8-15(11-14)28-2)13-9-17(22)20(18(23)10-13)24-19-6-4-3-5-16(19)21(25)26/h3-11,24H,1-2H3,(H,25,26). The number of carboxylic acid groups (broad SMARTS) is 1. The Morgan fingerprint density at radius 2 is 1.43 bits per heavy atom. The number of hydrogen-bond donors (Lipinski definition) is 2. The number of rotatable bonds is 6. The van der Waals surface area contributed by atoms with E-state index >= 15 is 0 Å². The van der Waals surface area contributed by atoms with E-state index in [1.54, 1.807) is 50.6 Å². The molecule has 7 heteroatoms. The van der Waals surface area contributed by atoms with Crippen LogP contribution in [-0.2, 0) is 0 Å². The van der Waals surface area contributed by atoms with Crippen LogP contribution in [0.15, 0.2) is 54.6 Å². The summed E-state index contributed by atoms with van der Waals surface area (Å²) >= 11 is 12.9. The van der Waals surface area contributed by atoms with Crippen molar-refractivity contribution in [2.24, 2.45) is 0 Å². The quantitative estimate of drug-likeness (QED) is 0.505. The summed E-state index contributed by atoms with van der Waals surface area (Å²) in [6.07, 6.45) is 0. The number of hydrogen-bond acceptors (Lipinski definition) is 4. The zero-order valence-corrected chi connectivity index (χ0v) is 16.6. The Morgan fingerprint density at radius 3 is 1.96 bits per heavy atom. The number of halogens is 2. The second-order valence-electron chi connectivity index (χ2n) is 5.89. The lowest BCUT2D eigenvalue weighted by Gasteiger charge is -2.15. The van der Waals surface area contributed by atoms with Crippen molar-refractivity contribution < 1.29 is 19.4 Å². The first-order chi connectivity index (χ1) is 13.4. The average molecular weight is 418 g/mol. The summed E-state index contributed by atoms with van der Waals surface area (Å²) in [4.78, 5) is 11.4. The van der Waals surface area contributed by atoms with E-state index in [0.717, 1.165) is 11.1 Å². The number of carbonyl (C=O) groups is 1. The summed E-state index contributed by atoms with van der Waals surface area (Å²) in [5.41, 5.74) is 2.53. The van der Waals surface area contributed by atoms with Crippen LogP contribution in [0.4, 0.5) is 11.4 Å². The van der Waals surface area contributed by atoms with Crippen molar-refractivity contribution in [2.45, 2.75) is 0 Å². The maximum Gasteiger partial charge on any atom is 0.337 e. The minimum Gasteiger partial charge on any atom is -0.497 e. The number of ether oxygens (including phenoxy) is 2. The molecule has 0 spiro atoms. The minimum atomic E-state index is -1.05. The number of aromatic carboxylic acids is 1. The highest BCUT2D eigenvalue weighted by molar-refractivity contribution is 6.39. The van der Waals surface area contributed by atoms with Crippen molar-refractivity contribution in [3.05, 3.63) is 70.2 Å². The van der Waals surface area contributed by atoms with E-state index in [4.69, 9.17) is 32.7 Å². The Balaban J connectivity index is 2.02. The van der Waals surface area contributed by atoms with Crippen LogP contribution < -0.4 is 14.8 Å². The van der Waals surface area contributed by atoms with Gasteiger partial charge in [0.25, 0.3) is 0 Å². The summed E-state index contributed by atoms with van der Waals surface area (Å²) in [5, 5.41) is 13.1. The van der Waals surface area contributed by atoms with E-state index in [0.29, 0.717) is 32.9 Å². The van der Waals surface area contributed by atoms with Crippen LogP contribution in [0, 0.1) is 0 Å². The van der Waals surface area contributed by atoms with Gasteiger partial charge in [-0.15, -0.1) is 0 Å². The second-order valence-corrected chi connectivity index (χ2v) is 6.71. The van der Waals surface area contributed by atoms with Gasteiger partial charge in [-0.3, -0.25) is 0 Å². The van der Waals surface area contributed by atoms with Crippen LogP contribution in [0.25, 0.3) is 11.1 Å². The molecule has 0 aromatic heterocycles. The highest BCUT2D eigenvalue weighted by Gasteiger charge is 2.15. The lowest BCUT2D eigenvalue weighted by molar-refractivity contribution is 0.0698. The second kappa shape index (κ2) is 8.42. The largest absolute Gasteiger partial charge is 0.497 e. The number of anilines is 2. The third-order valence-electron chi connectivity index (χ3n) is 4.14. The average Bonchev–Trinajstić information content (AvgIpc) is 2.70. The molecule has 0 atom stereocenters. The van der Waals surface area contributed by atoms with E-state index in [1.807, 2.05) is 12.1 Å². The molecule has 0 bridgehead atoms. The van der Waals surface area contributed by atoms with Crippen molar-refractivity contribution in [3.8, 4) is 22.6 Å². The summed E-state index contributed by atoms with van der Waals surface area (Å²) in [7, 11) is 3.15. The third kappa shape index (κ3) is 4.16. The fourth-order valence-electron chi connectivity index (χ4n) is 2.75. The highest BCUT2D eigenvalue weighted by atomic mass is 35.5. The molecular weight excluding hydrogens is 401 g/mol. The van der Waals surface area contributed by atoms with Crippen molar-refractivity contribution in [1.29, 1.82) is 0 Å². The van der Waals surface area contributed by atoms with Crippen molar-refractivity contribution >= 4 is 40.5 Å². The molecule has 0 aliphatic rings. The van der Waals surface area contributed by atoms with Crippen LogP contribution in [0.2, 0.25) is 10.0 Å². The topological polar surface area (TPSA) is 67.8 Å². The fourth-order valence-corrected chi connectivity index (χ4v) is 3.33. The Morgan fingerprint density at radius 1 is 0.893 bits per heavy atom. The lowest BCUT2D eigenvalue weighted by Crippen LogP contribution is -2.03. The summed E-state index contributed by atoms with van der Waals surface area (Å²) in [5.74, 6) is 0.230. The summed E-state index contributed by atoms with van der Waals surface area (Å²) in [6.45, 7) is 0. The zero-order chi connectivity index (χ0) is 20.3. The molecule has 5 nitrogen and oxygen atoms in total. The lowest BCUT2D eigenvalue weighted by atomic mass is 10.0. The first-order valence-electron chi connectivity index (χ1n) is 8.24. The predicted molar refractivity (Wildman–Crippen MR) is 112 cm³/mol. The summed E-state index contributed by atoms with van der Waals surface area (Å²) < 4.78 is 10.6. The Kier molecular flexibility index (Phi) is 5.97. The molecule has 0 saturated heterocycles. The molecule has 0 radical (unpaired) electrons. The molecule has 0 aliphatic heterocycles. The molecule has 3 aromatic rings. The van der Waals surface area contributed by atoms with Gasteiger partial charge in [-0.2, -0.15) is 0 Å². The maximum atomic E-state index is 11.4. The van der Waals surface area contributed by atoms with E-state index in [2.05, 4.69) is 5.32 Å². The molecule has 0 unspecified atom stereocenters. The number of para-hydroxylation sites is 1. The van der Waals surface area contributed by atoms with Crippen LogP contribution in [0.5, 0.6) is 11.5 Å². The van der Waals surface area contributed by atoms with Gasteiger partial charge >= 0.3 is 5.97 Å². The molecule has 0 saturated carbocycles. The molecule has 3 aromatic carbocycles. The number of carboxylic acids is 1. The van der Waals surface area contributed by atoms with Crippen LogP contribution in [-0.4, -0.2) is 25.3 Å². The number of methoxy groups -OCH3 is 2. The van der Waals surface area contributed by atoms with Gasteiger partial charge in [-0.25, -0.2) is 4.79 Å². The predicted octanol–water partition coefficient (Wildman–Crippen LogP) is 6.12. The van der Waals surface area contributed by atoms with E-state index in [9.17, 15) is 9.90 Å². The third-order valence-corrected chi connectivity index (χ3v) is 4.74. The molecule has 0 aliphatic carbocycles. The van der Waals surface area contributed by atoms with Gasteiger partial charge < -0.3 is 19.9 Å². The number of benzene rings is 3. The Labute approximate surface area is 172 Å².